The van der Waals surface area contributed by atoms with Crippen LogP contribution < -0.4 is 10.5 Å². The number of aliphatic hydroxyl groups excluding tert-OH is 1. The summed E-state index contributed by atoms with van der Waals surface area (Å²) >= 11 is 3.27. The highest BCUT2D eigenvalue weighted by molar-refractivity contribution is 9.10. The van der Waals surface area contributed by atoms with Crippen molar-refractivity contribution >= 4 is 15.9 Å². The molecule has 1 aromatic rings. The van der Waals surface area contributed by atoms with Crippen LogP contribution in [0.15, 0.2) is 16.6 Å². The number of aromatic hydroxyl groups is 1. The van der Waals surface area contributed by atoms with Crippen LogP contribution in [0.5, 0.6) is 11.5 Å². The molecule has 1 fully saturated rings. The molecule has 1 aromatic carbocycles. The second-order valence-electron chi connectivity index (χ2n) is 4.64. The van der Waals surface area contributed by atoms with Crippen LogP contribution in [0.4, 0.5) is 0 Å². The molecule has 2 rings (SSSR count). The molecule has 2 atom stereocenters. The van der Waals surface area contributed by atoms with Crippen LogP contribution in [0, 0.1) is 5.92 Å². The van der Waals surface area contributed by atoms with Crippen LogP contribution in [0.25, 0.3) is 0 Å². The van der Waals surface area contributed by atoms with E-state index in [0.717, 1.165) is 18.4 Å². The highest BCUT2D eigenvalue weighted by Gasteiger charge is 2.34. The van der Waals surface area contributed by atoms with Crippen molar-refractivity contribution in [2.75, 3.05) is 6.61 Å². The second kappa shape index (κ2) is 5.47. The molecule has 0 amide bonds. The lowest BCUT2D eigenvalue weighted by molar-refractivity contribution is 0.122. The number of benzene rings is 1. The van der Waals surface area contributed by atoms with Crippen molar-refractivity contribution < 1.29 is 14.9 Å². The molecular formula is C13H18BrNO3. The van der Waals surface area contributed by atoms with E-state index >= 15 is 0 Å². The van der Waals surface area contributed by atoms with Gasteiger partial charge in [-0.2, -0.15) is 0 Å². The molecule has 18 heavy (non-hydrogen) atoms. The Morgan fingerprint density at radius 2 is 2.17 bits per heavy atom. The van der Waals surface area contributed by atoms with Crippen molar-refractivity contribution in [3.8, 4) is 11.5 Å². The Hall–Kier alpha value is -0.780. The van der Waals surface area contributed by atoms with Crippen molar-refractivity contribution in [2.24, 2.45) is 11.7 Å². The molecule has 5 heteroatoms. The molecule has 100 valence electrons. The monoisotopic (exact) mass is 315 g/mol. The molecule has 0 aromatic heterocycles. The predicted molar refractivity (Wildman–Crippen MR) is 72.6 cm³/mol. The van der Waals surface area contributed by atoms with Crippen LogP contribution in [-0.4, -0.2) is 22.9 Å². The van der Waals surface area contributed by atoms with Crippen LogP contribution in [0.1, 0.15) is 31.4 Å². The minimum absolute atomic E-state index is 0.0636. The van der Waals surface area contributed by atoms with E-state index in [0.29, 0.717) is 22.7 Å². The molecule has 0 heterocycles. The molecule has 1 aliphatic rings. The summed E-state index contributed by atoms with van der Waals surface area (Å²) in [5, 5.41) is 19.9. The van der Waals surface area contributed by atoms with Gasteiger partial charge in [-0.3, -0.25) is 0 Å². The van der Waals surface area contributed by atoms with E-state index in [9.17, 15) is 10.2 Å². The lowest BCUT2D eigenvalue weighted by atomic mass is 9.99. The standard InChI is InChI=1S/C13H18BrNO3/c1-2-18-10-6-8(5-9(14)13(10)17)11(15)12(16)7-3-4-7/h5-7,11-12,16-17H,2-4,15H2,1H3/t11-,12+/m1/s1. The Morgan fingerprint density at radius 1 is 1.50 bits per heavy atom. The fraction of sp³-hybridized carbons (Fsp3) is 0.538. The quantitative estimate of drug-likeness (QED) is 0.779. The molecular weight excluding hydrogens is 298 g/mol. The normalized spacial score (nSPS) is 18.4. The van der Waals surface area contributed by atoms with Crippen molar-refractivity contribution in [3.05, 3.63) is 22.2 Å². The minimum atomic E-state index is -0.532. The maximum atomic E-state index is 10.0. The lowest BCUT2D eigenvalue weighted by Crippen LogP contribution is -2.27. The first-order chi connectivity index (χ1) is 8.54. The van der Waals surface area contributed by atoms with Gasteiger partial charge in [-0.05, 0) is 59.3 Å². The van der Waals surface area contributed by atoms with E-state index in [4.69, 9.17) is 10.5 Å². The number of nitrogens with two attached hydrogens (primary N) is 1. The van der Waals surface area contributed by atoms with E-state index < -0.39 is 12.1 Å². The van der Waals surface area contributed by atoms with Crippen molar-refractivity contribution in [1.82, 2.24) is 0 Å². The van der Waals surface area contributed by atoms with Gasteiger partial charge in [0.1, 0.15) is 0 Å². The van der Waals surface area contributed by atoms with Gasteiger partial charge in [-0.25, -0.2) is 0 Å². The molecule has 0 unspecified atom stereocenters. The Bertz CT molecular complexity index is 434. The van der Waals surface area contributed by atoms with Gasteiger partial charge in [0.2, 0.25) is 0 Å². The van der Waals surface area contributed by atoms with Gasteiger partial charge in [0, 0.05) is 0 Å². The summed E-state index contributed by atoms with van der Waals surface area (Å²) in [4.78, 5) is 0. The summed E-state index contributed by atoms with van der Waals surface area (Å²) < 4.78 is 5.88. The third-order valence-corrected chi connectivity index (χ3v) is 3.81. The maximum absolute atomic E-state index is 10.0. The molecule has 1 aliphatic carbocycles. The number of ether oxygens (including phenoxy) is 1. The van der Waals surface area contributed by atoms with Gasteiger partial charge in [-0.15, -0.1) is 0 Å². The lowest BCUT2D eigenvalue weighted by Gasteiger charge is -2.20. The van der Waals surface area contributed by atoms with Gasteiger partial charge in [-0.1, -0.05) is 0 Å². The summed E-state index contributed by atoms with van der Waals surface area (Å²) in [7, 11) is 0. The average Bonchev–Trinajstić information content (AvgIpc) is 3.17. The SMILES string of the molecule is CCOc1cc([C@@H](N)[C@@H](O)C2CC2)cc(Br)c1O. The van der Waals surface area contributed by atoms with Gasteiger partial charge in [0.15, 0.2) is 11.5 Å². The van der Waals surface area contributed by atoms with E-state index in [2.05, 4.69) is 15.9 Å². The minimum Gasteiger partial charge on any atom is -0.503 e. The number of halogens is 1. The summed E-state index contributed by atoms with van der Waals surface area (Å²) in [5.74, 6) is 0.761. The maximum Gasteiger partial charge on any atom is 0.172 e. The van der Waals surface area contributed by atoms with E-state index in [1.807, 2.05) is 6.92 Å². The fourth-order valence-corrected chi connectivity index (χ4v) is 2.44. The van der Waals surface area contributed by atoms with Crippen molar-refractivity contribution in [3.63, 3.8) is 0 Å². The Balaban J connectivity index is 2.26. The first-order valence-corrected chi connectivity index (χ1v) is 6.92. The van der Waals surface area contributed by atoms with Crippen molar-refractivity contribution in [1.29, 1.82) is 0 Å². The third-order valence-electron chi connectivity index (χ3n) is 3.21. The second-order valence-corrected chi connectivity index (χ2v) is 5.49. The van der Waals surface area contributed by atoms with Gasteiger partial charge >= 0.3 is 0 Å². The summed E-state index contributed by atoms with van der Waals surface area (Å²) in [6.07, 6.45) is 1.54. The number of hydrogen-bond acceptors (Lipinski definition) is 4. The molecule has 0 radical (unpaired) electrons. The van der Waals surface area contributed by atoms with E-state index in [-0.39, 0.29) is 5.75 Å². The first kappa shape index (κ1) is 13.6. The van der Waals surface area contributed by atoms with Crippen LogP contribution in [0.2, 0.25) is 0 Å². The van der Waals surface area contributed by atoms with E-state index in [1.54, 1.807) is 12.1 Å². The number of hydrogen-bond donors (Lipinski definition) is 3. The highest BCUT2D eigenvalue weighted by Crippen LogP contribution is 2.41. The smallest absolute Gasteiger partial charge is 0.172 e. The molecule has 0 bridgehead atoms. The zero-order chi connectivity index (χ0) is 13.3. The van der Waals surface area contributed by atoms with Gasteiger partial charge in [0.25, 0.3) is 0 Å². The molecule has 0 spiro atoms. The number of rotatable bonds is 5. The number of aliphatic hydroxyl groups is 1. The third kappa shape index (κ3) is 2.79. The average molecular weight is 316 g/mol. The topological polar surface area (TPSA) is 75.7 Å². The van der Waals surface area contributed by atoms with Crippen molar-refractivity contribution in [2.45, 2.75) is 31.9 Å². The van der Waals surface area contributed by atoms with Crippen LogP contribution in [-0.2, 0) is 0 Å². The Kier molecular flexibility index (Phi) is 4.14. The van der Waals surface area contributed by atoms with Crippen LogP contribution in [0.3, 0.4) is 0 Å². The predicted octanol–water partition coefficient (Wildman–Crippen LogP) is 2.32. The largest absolute Gasteiger partial charge is 0.503 e. The van der Waals surface area contributed by atoms with Crippen LogP contribution >= 0.6 is 15.9 Å². The fourth-order valence-electron chi connectivity index (χ4n) is 1.98. The van der Waals surface area contributed by atoms with E-state index in [1.165, 1.54) is 0 Å². The summed E-state index contributed by atoms with van der Waals surface area (Å²) in [5.41, 5.74) is 6.82. The summed E-state index contributed by atoms with van der Waals surface area (Å²) in [6, 6.07) is 2.97. The molecule has 4 N–H and O–H groups in total. The van der Waals surface area contributed by atoms with Gasteiger partial charge in [0.05, 0.1) is 23.2 Å². The number of phenolic OH excluding ortho intramolecular Hbond substituents is 1. The highest BCUT2D eigenvalue weighted by atomic mass is 79.9. The Morgan fingerprint density at radius 3 is 2.72 bits per heavy atom. The van der Waals surface area contributed by atoms with Gasteiger partial charge < -0.3 is 20.7 Å². The molecule has 4 nitrogen and oxygen atoms in total. The molecule has 0 aliphatic heterocycles. The molecule has 0 saturated heterocycles. The zero-order valence-electron chi connectivity index (χ0n) is 10.3. The zero-order valence-corrected chi connectivity index (χ0v) is 11.9. The molecule has 1 saturated carbocycles. The Labute approximate surface area is 115 Å². The number of phenols is 1. The summed E-state index contributed by atoms with van der Waals surface area (Å²) in [6.45, 7) is 2.31. The first-order valence-electron chi connectivity index (χ1n) is 6.13.